The van der Waals surface area contributed by atoms with E-state index in [2.05, 4.69) is 31.9 Å². The molecule has 1 aromatic rings. The first-order chi connectivity index (χ1) is 7.03. The molecule has 1 unspecified atom stereocenters. The van der Waals surface area contributed by atoms with Crippen molar-refractivity contribution in [3.8, 4) is 0 Å². The van der Waals surface area contributed by atoms with Crippen molar-refractivity contribution in [1.82, 2.24) is 0 Å². The summed E-state index contributed by atoms with van der Waals surface area (Å²) in [6.45, 7) is 0.691. The minimum atomic E-state index is -0.394. The van der Waals surface area contributed by atoms with Gasteiger partial charge < -0.3 is 4.74 Å². The molecule has 1 aliphatic rings. The normalized spacial score (nSPS) is 24.6. The average molecular weight is 375 g/mol. The molecule has 0 bridgehead atoms. The zero-order valence-corrected chi connectivity index (χ0v) is 12.3. The summed E-state index contributed by atoms with van der Waals surface area (Å²) in [4.78, 5) is -0.394. The lowest BCUT2D eigenvalue weighted by Gasteiger charge is -2.13. The number of rotatable bonds is 3. The highest BCUT2D eigenvalue weighted by Crippen LogP contribution is 2.45. The minimum Gasteiger partial charge on any atom is -0.364 e. The van der Waals surface area contributed by atoms with E-state index in [0.717, 1.165) is 14.5 Å². The maximum absolute atomic E-state index is 5.79. The van der Waals surface area contributed by atoms with Crippen molar-refractivity contribution in [1.29, 1.82) is 0 Å². The van der Waals surface area contributed by atoms with Gasteiger partial charge in [0.1, 0.15) is 10.4 Å². The predicted octanol–water partition coefficient (Wildman–Crippen LogP) is 4.63. The number of halogens is 4. The summed E-state index contributed by atoms with van der Waals surface area (Å²) in [7, 11) is 0. The Morgan fingerprint density at radius 3 is 2.47 bits per heavy atom. The third-order valence-electron chi connectivity index (χ3n) is 2.42. The monoisotopic (exact) mass is 372 g/mol. The van der Waals surface area contributed by atoms with Gasteiger partial charge in [-0.1, -0.05) is 6.07 Å². The first kappa shape index (κ1) is 12.2. The van der Waals surface area contributed by atoms with E-state index in [-0.39, 0.29) is 5.60 Å². The van der Waals surface area contributed by atoms with Gasteiger partial charge in [0.15, 0.2) is 0 Å². The molecular formula is C10H8Br2Cl2O. The molecule has 0 saturated carbocycles. The molecule has 0 radical (unpaired) electrons. The van der Waals surface area contributed by atoms with Crippen molar-refractivity contribution in [3.63, 3.8) is 0 Å². The van der Waals surface area contributed by atoms with Crippen LogP contribution in [0, 0.1) is 0 Å². The van der Waals surface area contributed by atoms with Crippen LogP contribution in [0.5, 0.6) is 0 Å². The predicted molar refractivity (Wildman–Crippen MR) is 69.6 cm³/mol. The van der Waals surface area contributed by atoms with Gasteiger partial charge in [0.05, 0.1) is 6.61 Å². The zero-order valence-electron chi connectivity index (χ0n) is 7.64. The van der Waals surface area contributed by atoms with Gasteiger partial charge in [-0.05, 0) is 49.6 Å². The van der Waals surface area contributed by atoms with Crippen molar-refractivity contribution >= 4 is 55.1 Å². The summed E-state index contributed by atoms with van der Waals surface area (Å²) >= 11 is 18.5. The SMILES string of the molecule is ClC(Cl)CC1(c2ccc(Br)c(Br)c2)CO1. The second-order valence-electron chi connectivity index (χ2n) is 3.51. The van der Waals surface area contributed by atoms with Crippen LogP contribution in [0.15, 0.2) is 27.1 Å². The Hall–Kier alpha value is 0.720. The van der Waals surface area contributed by atoms with E-state index in [1.54, 1.807) is 0 Å². The number of benzene rings is 1. The number of hydrogen-bond donors (Lipinski definition) is 0. The van der Waals surface area contributed by atoms with Crippen LogP contribution in [0.2, 0.25) is 0 Å². The molecule has 2 rings (SSSR count). The Morgan fingerprint density at radius 1 is 1.33 bits per heavy atom. The second-order valence-corrected chi connectivity index (χ2v) is 6.49. The maximum atomic E-state index is 5.79. The smallest absolute Gasteiger partial charge is 0.119 e. The van der Waals surface area contributed by atoms with Crippen LogP contribution in [-0.2, 0) is 10.3 Å². The van der Waals surface area contributed by atoms with Crippen LogP contribution in [0.4, 0.5) is 0 Å². The molecule has 1 saturated heterocycles. The summed E-state index contributed by atoms with van der Waals surface area (Å²) in [6, 6.07) is 6.05. The fourth-order valence-corrected chi connectivity index (χ4v) is 2.64. The van der Waals surface area contributed by atoms with E-state index >= 15 is 0 Å². The summed E-state index contributed by atoms with van der Waals surface area (Å²) in [5, 5.41) is 0. The molecule has 0 N–H and O–H groups in total. The number of hydrogen-bond acceptors (Lipinski definition) is 1. The van der Waals surface area contributed by atoms with Crippen LogP contribution in [-0.4, -0.2) is 11.4 Å². The Morgan fingerprint density at radius 2 is 2.00 bits per heavy atom. The van der Waals surface area contributed by atoms with Crippen molar-refractivity contribution in [2.24, 2.45) is 0 Å². The van der Waals surface area contributed by atoms with Gasteiger partial charge in [-0.25, -0.2) is 0 Å². The molecule has 1 aliphatic heterocycles. The molecule has 5 heteroatoms. The van der Waals surface area contributed by atoms with Crippen molar-refractivity contribution in [3.05, 3.63) is 32.7 Å². The lowest BCUT2D eigenvalue weighted by molar-refractivity contribution is 0.298. The Balaban J connectivity index is 2.26. The lowest BCUT2D eigenvalue weighted by atomic mass is 9.97. The van der Waals surface area contributed by atoms with Crippen molar-refractivity contribution < 1.29 is 4.74 Å². The standard InChI is InChI=1S/C10H8Br2Cl2O/c11-7-2-1-6(3-8(7)12)10(5-15-10)4-9(13)14/h1-3,9H,4-5H2. The fourth-order valence-electron chi connectivity index (χ4n) is 1.52. The summed E-state index contributed by atoms with van der Waals surface area (Å²) in [5.41, 5.74) is 0.848. The number of epoxide rings is 1. The van der Waals surface area contributed by atoms with Gasteiger partial charge >= 0.3 is 0 Å². The molecule has 1 fully saturated rings. The highest BCUT2D eigenvalue weighted by atomic mass is 79.9. The van der Waals surface area contributed by atoms with Crippen LogP contribution in [0.3, 0.4) is 0 Å². The third kappa shape index (κ3) is 2.70. The van der Waals surface area contributed by atoms with E-state index in [1.165, 1.54) is 0 Å². The largest absolute Gasteiger partial charge is 0.364 e. The lowest BCUT2D eigenvalue weighted by Crippen LogP contribution is -2.12. The molecule has 0 spiro atoms. The van der Waals surface area contributed by atoms with E-state index < -0.39 is 4.84 Å². The summed E-state index contributed by atoms with van der Waals surface area (Å²) < 4.78 is 7.52. The molecule has 1 atom stereocenters. The van der Waals surface area contributed by atoms with Gasteiger partial charge in [-0.2, -0.15) is 0 Å². The maximum Gasteiger partial charge on any atom is 0.119 e. The molecule has 0 amide bonds. The molecule has 82 valence electrons. The quantitative estimate of drug-likeness (QED) is 0.555. The Labute approximate surface area is 115 Å². The third-order valence-corrected chi connectivity index (χ3v) is 4.61. The first-order valence-corrected chi connectivity index (χ1v) is 6.87. The Bertz CT molecular complexity index is 378. The average Bonchev–Trinajstić information content (AvgIpc) is 2.89. The second kappa shape index (κ2) is 4.53. The van der Waals surface area contributed by atoms with Gasteiger partial charge in [0.25, 0.3) is 0 Å². The topological polar surface area (TPSA) is 12.5 Å². The molecule has 1 heterocycles. The highest BCUT2D eigenvalue weighted by molar-refractivity contribution is 9.13. The van der Waals surface area contributed by atoms with Gasteiger partial charge in [0.2, 0.25) is 0 Å². The molecule has 0 aromatic heterocycles. The van der Waals surface area contributed by atoms with E-state index in [9.17, 15) is 0 Å². The van der Waals surface area contributed by atoms with Crippen LogP contribution in [0.25, 0.3) is 0 Å². The van der Waals surface area contributed by atoms with Gasteiger partial charge in [-0.15, -0.1) is 23.2 Å². The van der Waals surface area contributed by atoms with E-state index in [4.69, 9.17) is 27.9 Å². The molecule has 1 aromatic carbocycles. The van der Waals surface area contributed by atoms with Gasteiger partial charge in [-0.3, -0.25) is 0 Å². The van der Waals surface area contributed by atoms with E-state index in [1.807, 2.05) is 18.2 Å². The van der Waals surface area contributed by atoms with Crippen molar-refractivity contribution in [2.45, 2.75) is 16.9 Å². The summed E-state index contributed by atoms with van der Waals surface area (Å²) in [5.74, 6) is 0. The fraction of sp³-hybridized carbons (Fsp3) is 0.400. The van der Waals surface area contributed by atoms with Crippen molar-refractivity contribution in [2.75, 3.05) is 6.61 Å². The zero-order chi connectivity index (χ0) is 11.1. The molecule has 0 aliphatic carbocycles. The van der Waals surface area contributed by atoms with Crippen LogP contribution in [0.1, 0.15) is 12.0 Å². The van der Waals surface area contributed by atoms with Crippen LogP contribution < -0.4 is 0 Å². The molecule has 15 heavy (non-hydrogen) atoms. The minimum absolute atomic E-state index is 0.266. The van der Waals surface area contributed by atoms with Gasteiger partial charge in [0, 0.05) is 15.4 Å². The molecule has 1 nitrogen and oxygen atoms in total. The Kier molecular flexibility index (Phi) is 3.68. The van der Waals surface area contributed by atoms with Crippen LogP contribution >= 0.6 is 55.1 Å². The number of ether oxygens (including phenoxy) is 1. The highest BCUT2D eigenvalue weighted by Gasteiger charge is 2.47. The van der Waals surface area contributed by atoms with E-state index in [0.29, 0.717) is 13.0 Å². The first-order valence-electron chi connectivity index (χ1n) is 4.41. The number of alkyl halides is 2. The summed E-state index contributed by atoms with van der Waals surface area (Å²) in [6.07, 6.45) is 0.629. The molecular weight excluding hydrogens is 367 g/mol.